The maximum absolute atomic E-state index is 6.29. The molecule has 0 fully saturated rings. The van der Waals surface area contributed by atoms with Gasteiger partial charge in [0.25, 0.3) is 0 Å². The molecule has 0 N–H and O–H groups in total. The van der Waals surface area contributed by atoms with E-state index >= 15 is 0 Å². The molecule has 3 aromatic carbocycles. The first-order chi connectivity index (χ1) is 11.8. The predicted octanol–water partition coefficient (Wildman–Crippen LogP) is 3.69. The van der Waals surface area contributed by atoms with Gasteiger partial charge >= 0.3 is 0 Å². The van der Waals surface area contributed by atoms with Crippen LogP contribution in [0.2, 0.25) is 0 Å². The van der Waals surface area contributed by atoms with Crippen molar-refractivity contribution in [3.63, 3.8) is 0 Å². The zero-order chi connectivity index (χ0) is 16.8. The number of rotatable bonds is 6. The molecule has 0 aliphatic heterocycles. The highest BCUT2D eigenvalue weighted by Crippen LogP contribution is 2.11. The molecule has 0 aromatic heterocycles. The lowest BCUT2D eigenvalue weighted by Gasteiger charge is -2.14. The van der Waals surface area contributed by atoms with Crippen LogP contribution in [0.15, 0.2) is 78.9 Å². The fourth-order valence-corrected chi connectivity index (χ4v) is 5.83. The van der Waals surface area contributed by atoms with E-state index in [9.17, 15) is 0 Å². The maximum atomic E-state index is 6.29. The fraction of sp³-hybridized carbons (Fsp3) is 0.143. The largest absolute Gasteiger partial charge is 0.489 e. The average molecular weight is 353 g/mol. The monoisotopic (exact) mass is 352 g/mol. The molecule has 0 aliphatic rings. The van der Waals surface area contributed by atoms with Crippen molar-refractivity contribution in [2.24, 2.45) is 0 Å². The van der Waals surface area contributed by atoms with E-state index < -0.39 is 8.80 Å². The highest BCUT2D eigenvalue weighted by molar-refractivity contribution is 6.89. The average Bonchev–Trinajstić information content (AvgIpc) is 2.64. The summed E-state index contributed by atoms with van der Waals surface area (Å²) >= 11 is 6.29. The van der Waals surface area contributed by atoms with Gasteiger partial charge in [0.15, 0.2) is 0 Å². The van der Waals surface area contributed by atoms with E-state index in [1.165, 1.54) is 21.5 Å². The first kappa shape index (κ1) is 16.8. The van der Waals surface area contributed by atoms with E-state index in [4.69, 9.17) is 16.3 Å². The maximum Gasteiger partial charge on any atom is 0.119 e. The van der Waals surface area contributed by atoms with E-state index in [0.717, 1.165) is 5.75 Å². The molecule has 0 amide bonds. The Balaban J connectivity index is 1.69. The van der Waals surface area contributed by atoms with Gasteiger partial charge in [-0.1, -0.05) is 82.7 Å². The lowest BCUT2D eigenvalue weighted by molar-refractivity contribution is 0.306. The molecule has 1 nitrogen and oxygen atoms in total. The van der Waals surface area contributed by atoms with Crippen molar-refractivity contribution in [2.45, 2.75) is 13.5 Å². The van der Waals surface area contributed by atoms with Crippen LogP contribution in [0.25, 0.3) is 0 Å². The lowest BCUT2D eigenvalue weighted by atomic mass is 10.2. The zero-order valence-electron chi connectivity index (χ0n) is 13.8. The minimum atomic E-state index is -1.34. The Bertz CT molecular complexity index is 754. The van der Waals surface area contributed by atoms with Gasteiger partial charge in [-0.05, 0) is 24.6 Å². The summed E-state index contributed by atoms with van der Waals surface area (Å²) in [5.74, 6) is 0.897. The highest BCUT2D eigenvalue weighted by atomic mass is 35.5. The Labute approximate surface area is 150 Å². The minimum Gasteiger partial charge on any atom is -0.489 e. The van der Waals surface area contributed by atoms with E-state index in [1.54, 1.807) is 0 Å². The van der Waals surface area contributed by atoms with Gasteiger partial charge in [-0.25, -0.2) is 0 Å². The van der Waals surface area contributed by atoms with Crippen LogP contribution in [0, 0.1) is 6.92 Å². The normalized spacial score (nSPS) is 11.9. The van der Waals surface area contributed by atoms with Crippen molar-refractivity contribution < 1.29 is 4.74 Å². The smallest absolute Gasteiger partial charge is 0.119 e. The quantitative estimate of drug-likeness (QED) is 0.485. The van der Waals surface area contributed by atoms with Crippen LogP contribution in [-0.2, 0) is 6.61 Å². The van der Waals surface area contributed by atoms with Crippen LogP contribution in [-0.4, -0.2) is 14.3 Å². The van der Waals surface area contributed by atoms with Crippen molar-refractivity contribution in [2.75, 3.05) is 5.50 Å². The van der Waals surface area contributed by atoms with Gasteiger partial charge in [0.1, 0.15) is 21.2 Å². The van der Waals surface area contributed by atoms with Crippen LogP contribution in [0.4, 0.5) is 0 Å². The number of ether oxygens (including phenoxy) is 1. The van der Waals surface area contributed by atoms with Crippen molar-refractivity contribution in [1.82, 2.24) is 0 Å². The van der Waals surface area contributed by atoms with Gasteiger partial charge < -0.3 is 4.74 Å². The van der Waals surface area contributed by atoms with Gasteiger partial charge in [-0.3, -0.25) is 0 Å². The fourth-order valence-electron chi connectivity index (χ4n) is 2.71. The molecule has 0 saturated heterocycles. The van der Waals surface area contributed by atoms with Crippen LogP contribution >= 0.6 is 11.6 Å². The highest BCUT2D eigenvalue weighted by Gasteiger charge is 2.15. The molecule has 1 atom stereocenters. The standard InChI is InChI=1S/C21H21ClOSi/c1-17-7-11-20(12-8-17)24(16-22)21-13-9-19(10-14-21)23-15-18-5-3-2-4-6-18/h2-14,24H,15-16H2,1H3. The van der Waals surface area contributed by atoms with Crippen LogP contribution in [0.3, 0.4) is 0 Å². The van der Waals surface area contributed by atoms with Crippen LogP contribution in [0.1, 0.15) is 11.1 Å². The number of aryl methyl sites for hydroxylation is 1. The molecule has 0 heterocycles. The van der Waals surface area contributed by atoms with Gasteiger partial charge in [-0.2, -0.15) is 0 Å². The van der Waals surface area contributed by atoms with Gasteiger partial charge in [0, 0.05) is 5.50 Å². The Kier molecular flexibility index (Phi) is 5.73. The molecule has 1 unspecified atom stereocenters. The Hall–Kier alpha value is -2.03. The number of halogens is 1. The third kappa shape index (κ3) is 4.28. The number of hydrogen-bond acceptors (Lipinski definition) is 1. The molecule has 0 spiro atoms. The molecule has 3 heteroatoms. The van der Waals surface area contributed by atoms with Crippen LogP contribution < -0.4 is 15.1 Å². The molecule has 3 aromatic rings. The van der Waals surface area contributed by atoms with Crippen molar-refractivity contribution in [3.05, 3.63) is 90.0 Å². The van der Waals surface area contributed by atoms with Crippen molar-refractivity contribution in [3.8, 4) is 5.75 Å². The molecular formula is C21H21ClOSi. The van der Waals surface area contributed by atoms with Gasteiger partial charge in [0.05, 0.1) is 0 Å². The summed E-state index contributed by atoms with van der Waals surface area (Å²) in [7, 11) is -1.34. The molecule has 24 heavy (non-hydrogen) atoms. The Morgan fingerprint density at radius 3 is 1.96 bits per heavy atom. The van der Waals surface area contributed by atoms with E-state index in [0.29, 0.717) is 12.1 Å². The summed E-state index contributed by atoms with van der Waals surface area (Å²) in [5, 5.41) is 2.73. The summed E-state index contributed by atoms with van der Waals surface area (Å²) in [6.45, 7) is 2.70. The molecule has 0 aliphatic carbocycles. The van der Waals surface area contributed by atoms with E-state index in [-0.39, 0.29) is 0 Å². The molecule has 0 saturated carbocycles. The molecular weight excluding hydrogens is 332 g/mol. The van der Waals surface area contributed by atoms with Crippen LogP contribution in [0.5, 0.6) is 5.75 Å². The zero-order valence-corrected chi connectivity index (χ0v) is 15.7. The van der Waals surface area contributed by atoms with E-state index in [1.807, 2.05) is 18.2 Å². The van der Waals surface area contributed by atoms with Gasteiger partial charge in [0.2, 0.25) is 0 Å². The number of benzene rings is 3. The van der Waals surface area contributed by atoms with E-state index in [2.05, 4.69) is 67.6 Å². The summed E-state index contributed by atoms with van der Waals surface area (Å²) < 4.78 is 5.86. The molecule has 0 radical (unpaired) electrons. The Morgan fingerprint density at radius 2 is 1.38 bits per heavy atom. The predicted molar refractivity (Wildman–Crippen MR) is 106 cm³/mol. The lowest BCUT2D eigenvalue weighted by Crippen LogP contribution is -2.44. The van der Waals surface area contributed by atoms with Crippen molar-refractivity contribution >= 4 is 30.8 Å². The first-order valence-electron chi connectivity index (χ1n) is 8.15. The third-order valence-electron chi connectivity index (χ3n) is 4.16. The van der Waals surface area contributed by atoms with Gasteiger partial charge in [-0.15, -0.1) is 11.6 Å². The summed E-state index contributed by atoms with van der Waals surface area (Å²) in [4.78, 5) is 0. The second-order valence-electron chi connectivity index (χ2n) is 5.96. The third-order valence-corrected chi connectivity index (χ3v) is 7.78. The SMILES string of the molecule is Cc1ccc([SiH](CCl)c2ccc(OCc3ccccc3)cc2)cc1. The summed E-state index contributed by atoms with van der Waals surface area (Å²) in [5.41, 5.74) is 3.16. The van der Waals surface area contributed by atoms with Crippen molar-refractivity contribution in [1.29, 1.82) is 0 Å². The molecule has 122 valence electrons. The summed E-state index contributed by atoms with van der Waals surface area (Å²) in [6, 6.07) is 27.4. The molecule has 3 rings (SSSR count). The summed E-state index contributed by atoms with van der Waals surface area (Å²) in [6.07, 6.45) is 0. The Morgan fingerprint density at radius 1 is 0.792 bits per heavy atom. The topological polar surface area (TPSA) is 9.23 Å². The number of hydrogen-bond donors (Lipinski definition) is 0. The number of alkyl halides is 1. The minimum absolute atomic E-state index is 0.592. The second kappa shape index (κ2) is 8.18. The second-order valence-corrected chi connectivity index (χ2v) is 9.63. The first-order valence-corrected chi connectivity index (χ1v) is 10.7. The molecule has 0 bridgehead atoms.